The minimum atomic E-state index is -1.30. The molecule has 0 heterocycles. The Balaban J connectivity index is 2.88. The predicted octanol–water partition coefficient (Wildman–Crippen LogP) is 2.12. The van der Waals surface area contributed by atoms with E-state index in [9.17, 15) is 10.2 Å². The first-order valence-electron chi connectivity index (χ1n) is 4.69. The van der Waals surface area contributed by atoms with Gasteiger partial charge in [0.25, 0.3) is 0 Å². The summed E-state index contributed by atoms with van der Waals surface area (Å²) in [6, 6.07) is 7.07. The first kappa shape index (κ1) is 12.5. The fourth-order valence-electron chi connectivity index (χ4n) is 1.28. The van der Waals surface area contributed by atoms with Gasteiger partial charge in [-0.2, -0.15) is 0 Å². The highest BCUT2D eigenvalue weighted by Gasteiger charge is 2.22. The van der Waals surface area contributed by atoms with E-state index in [1.807, 2.05) is 0 Å². The number of hydrogen-bond acceptors (Lipinski definition) is 3. The van der Waals surface area contributed by atoms with Gasteiger partial charge < -0.3 is 14.9 Å². The molecule has 0 saturated carbocycles. The third kappa shape index (κ3) is 3.80. The second-order valence-electron chi connectivity index (χ2n) is 3.76. The first-order chi connectivity index (χ1) is 6.94. The van der Waals surface area contributed by atoms with Crippen LogP contribution in [0.4, 0.5) is 0 Å². The molecule has 2 N–H and O–H groups in total. The third-order valence-electron chi connectivity index (χ3n) is 1.85. The zero-order chi connectivity index (χ0) is 11.5. The molecule has 0 spiro atoms. The summed E-state index contributed by atoms with van der Waals surface area (Å²) in [5.74, 6) is -1.30. The van der Waals surface area contributed by atoms with E-state index < -0.39 is 11.9 Å². The fourth-order valence-corrected chi connectivity index (χ4v) is 1.54. The summed E-state index contributed by atoms with van der Waals surface area (Å²) < 4.78 is 5.27. The number of halogens is 1. The van der Waals surface area contributed by atoms with Crippen LogP contribution in [0.25, 0.3) is 0 Å². The van der Waals surface area contributed by atoms with Crippen LogP contribution >= 0.6 is 11.6 Å². The van der Waals surface area contributed by atoms with E-state index in [2.05, 4.69) is 0 Å². The quantitative estimate of drug-likeness (QED) is 0.779. The van der Waals surface area contributed by atoms with Crippen LogP contribution in [0.1, 0.15) is 25.5 Å². The van der Waals surface area contributed by atoms with Crippen LogP contribution in [0, 0.1) is 0 Å². The molecule has 0 radical (unpaired) electrons. The Labute approximate surface area is 94.3 Å². The Bertz CT molecular complexity index is 320. The lowest BCUT2D eigenvalue weighted by Crippen LogP contribution is -2.27. The van der Waals surface area contributed by atoms with Crippen LogP contribution in [0.15, 0.2) is 24.3 Å². The van der Waals surface area contributed by atoms with Crippen molar-refractivity contribution in [1.82, 2.24) is 0 Å². The molecule has 84 valence electrons. The number of rotatable bonds is 4. The van der Waals surface area contributed by atoms with E-state index in [4.69, 9.17) is 16.3 Å². The average Bonchev–Trinajstić information content (AvgIpc) is 2.14. The number of aliphatic hydroxyl groups excluding tert-OH is 1. The standard InChI is InChI=1S/C11H15ClO3/c1-11(2,14)15-10(7-13)8-5-3-4-6-9(8)12/h3-6,10,13-14H,7H2,1-2H3. The van der Waals surface area contributed by atoms with Crippen LogP contribution in [0.2, 0.25) is 5.02 Å². The molecular weight excluding hydrogens is 216 g/mol. The largest absolute Gasteiger partial charge is 0.393 e. The molecule has 0 saturated heterocycles. The smallest absolute Gasteiger partial charge is 0.160 e. The monoisotopic (exact) mass is 230 g/mol. The minimum Gasteiger partial charge on any atom is -0.393 e. The molecule has 0 bridgehead atoms. The number of aliphatic hydroxyl groups is 2. The Hall–Kier alpha value is -0.610. The van der Waals surface area contributed by atoms with E-state index in [-0.39, 0.29) is 6.61 Å². The van der Waals surface area contributed by atoms with Crippen molar-refractivity contribution in [2.45, 2.75) is 25.7 Å². The van der Waals surface area contributed by atoms with Crippen molar-refractivity contribution in [3.05, 3.63) is 34.9 Å². The van der Waals surface area contributed by atoms with Crippen LogP contribution in [0.3, 0.4) is 0 Å². The van der Waals surface area contributed by atoms with Gasteiger partial charge in [0.15, 0.2) is 5.79 Å². The van der Waals surface area contributed by atoms with Gasteiger partial charge in [-0.1, -0.05) is 29.8 Å². The van der Waals surface area contributed by atoms with Gasteiger partial charge in [0.05, 0.1) is 6.61 Å². The highest BCUT2D eigenvalue weighted by Crippen LogP contribution is 2.27. The lowest BCUT2D eigenvalue weighted by Gasteiger charge is -2.25. The minimum absolute atomic E-state index is 0.228. The van der Waals surface area contributed by atoms with Crippen molar-refractivity contribution in [2.24, 2.45) is 0 Å². The van der Waals surface area contributed by atoms with E-state index in [0.717, 1.165) is 0 Å². The maximum atomic E-state index is 9.49. The summed E-state index contributed by atoms with van der Waals surface area (Å²) in [7, 11) is 0. The average molecular weight is 231 g/mol. The van der Waals surface area contributed by atoms with Crippen LogP contribution in [0.5, 0.6) is 0 Å². The SMILES string of the molecule is CC(C)(O)OC(CO)c1ccccc1Cl. The van der Waals surface area contributed by atoms with E-state index in [0.29, 0.717) is 10.6 Å². The second kappa shape index (κ2) is 4.94. The molecule has 4 heteroatoms. The third-order valence-corrected chi connectivity index (χ3v) is 2.19. The molecule has 0 amide bonds. The topological polar surface area (TPSA) is 49.7 Å². The van der Waals surface area contributed by atoms with Gasteiger partial charge in [-0.05, 0) is 19.9 Å². The molecule has 0 aromatic heterocycles. The molecule has 1 rings (SSSR count). The van der Waals surface area contributed by atoms with Gasteiger partial charge in [-0.3, -0.25) is 0 Å². The number of ether oxygens (including phenoxy) is 1. The van der Waals surface area contributed by atoms with Crippen molar-refractivity contribution < 1.29 is 14.9 Å². The maximum Gasteiger partial charge on any atom is 0.160 e. The van der Waals surface area contributed by atoms with Gasteiger partial charge in [0.1, 0.15) is 6.10 Å². The zero-order valence-electron chi connectivity index (χ0n) is 8.77. The molecule has 0 fully saturated rings. The Kier molecular flexibility index (Phi) is 4.11. The fraction of sp³-hybridized carbons (Fsp3) is 0.455. The maximum absolute atomic E-state index is 9.49. The van der Waals surface area contributed by atoms with Crippen molar-refractivity contribution in [3.8, 4) is 0 Å². The number of hydrogen-bond donors (Lipinski definition) is 2. The molecule has 15 heavy (non-hydrogen) atoms. The van der Waals surface area contributed by atoms with Crippen LogP contribution in [-0.4, -0.2) is 22.6 Å². The normalized spacial score (nSPS) is 13.9. The summed E-state index contributed by atoms with van der Waals surface area (Å²) in [5.41, 5.74) is 0.670. The Morgan fingerprint density at radius 2 is 2.00 bits per heavy atom. The van der Waals surface area contributed by atoms with Crippen molar-refractivity contribution in [3.63, 3.8) is 0 Å². The molecule has 1 aromatic rings. The van der Waals surface area contributed by atoms with Gasteiger partial charge in [0, 0.05) is 10.6 Å². The molecule has 1 unspecified atom stereocenters. The zero-order valence-corrected chi connectivity index (χ0v) is 9.53. The first-order valence-corrected chi connectivity index (χ1v) is 5.07. The van der Waals surface area contributed by atoms with Gasteiger partial charge in [-0.15, -0.1) is 0 Å². The van der Waals surface area contributed by atoms with Gasteiger partial charge >= 0.3 is 0 Å². The van der Waals surface area contributed by atoms with Crippen molar-refractivity contribution in [2.75, 3.05) is 6.61 Å². The summed E-state index contributed by atoms with van der Waals surface area (Å²) in [5, 5.41) is 19.2. The Morgan fingerprint density at radius 1 is 1.40 bits per heavy atom. The van der Waals surface area contributed by atoms with E-state index in [1.54, 1.807) is 24.3 Å². The molecule has 1 atom stereocenters. The molecule has 0 aliphatic rings. The summed E-state index contributed by atoms with van der Waals surface area (Å²) in [6.45, 7) is 2.78. The van der Waals surface area contributed by atoms with Gasteiger partial charge in [-0.25, -0.2) is 0 Å². The lowest BCUT2D eigenvalue weighted by atomic mass is 10.1. The second-order valence-corrected chi connectivity index (χ2v) is 4.16. The van der Waals surface area contributed by atoms with Crippen molar-refractivity contribution in [1.29, 1.82) is 0 Å². The lowest BCUT2D eigenvalue weighted by molar-refractivity contribution is -0.214. The van der Waals surface area contributed by atoms with Crippen LogP contribution in [-0.2, 0) is 4.74 Å². The van der Waals surface area contributed by atoms with Gasteiger partial charge in [0.2, 0.25) is 0 Å². The molecule has 3 nitrogen and oxygen atoms in total. The van der Waals surface area contributed by atoms with Crippen LogP contribution < -0.4 is 0 Å². The predicted molar refractivity (Wildman–Crippen MR) is 58.7 cm³/mol. The van der Waals surface area contributed by atoms with E-state index >= 15 is 0 Å². The highest BCUT2D eigenvalue weighted by molar-refractivity contribution is 6.31. The molecule has 0 aliphatic carbocycles. The Morgan fingerprint density at radius 3 is 2.47 bits per heavy atom. The molecular formula is C11H15ClO3. The number of benzene rings is 1. The van der Waals surface area contributed by atoms with Crippen molar-refractivity contribution >= 4 is 11.6 Å². The summed E-state index contributed by atoms with van der Waals surface area (Å²) in [4.78, 5) is 0. The molecule has 0 aliphatic heterocycles. The van der Waals surface area contributed by atoms with E-state index in [1.165, 1.54) is 13.8 Å². The summed E-state index contributed by atoms with van der Waals surface area (Å²) >= 11 is 5.95. The summed E-state index contributed by atoms with van der Waals surface area (Å²) in [6.07, 6.45) is -0.612. The highest BCUT2D eigenvalue weighted by atomic mass is 35.5. The molecule has 1 aromatic carbocycles.